The van der Waals surface area contributed by atoms with Crippen molar-refractivity contribution in [3.63, 3.8) is 0 Å². The number of likely N-dealkylation sites (N-methyl/N-ethyl adjacent to an activating group) is 1. The van der Waals surface area contributed by atoms with E-state index in [1.807, 2.05) is 43.3 Å². The average Bonchev–Trinajstić information content (AvgIpc) is 2.64. The third-order valence-corrected chi connectivity index (χ3v) is 4.04. The summed E-state index contributed by atoms with van der Waals surface area (Å²) >= 11 is 0. The van der Waals surface area contributed by atoms with E-state index < -0.39 is 0 Å². The molecule has 1 amide bonds. The highest BCUT2D eigenvalue weighted by molar-refractivity contribution is 14.0. The van der Waals surface area contributed by atoms with Gasteiger partial charge in [-0.05, 0) is 38.2 Å². The molecule has 0 unspecified atom stereocenters. The van der Waals surface area contributed by atoms with Crippen LogP contribution in [0.5, 0.6) is 0 Å². The number of carbonyl (C=O) groups is 1. The van der Waals surface area contributed by atoms with Gasteiger partial charge in [-0.1, -0.05) is 38.3 Å². The summed E-state index contributed by atoms with van der Waals surface area (Å²) in [5.41, 5.74) is 1.74. The van der Waals surface area contributed by atoms with Crippen LogP contribution in [0.25, 0.3) is 0 Å². The molecule has 1 aromatic rings. The Kier molecular flexibility index (Phi) is 14.9. The normalized spacial score (nSPS) is 11.1. The number of benzene rings is 1. The molecule has 0 aliphatic rings. The van der Waals surface area contributed by atoms with Crippen molar-refractivity contribution in [2.24, 2.45) is 4.99 Å². The maximum atomic E-state index is 12.2. The van der Waals surface area contributed by atoms with Crippen LogP contribution < -0.4 is 16.0 Å². The van der Waals surface area contributed by atoms with Crippen LogP contribution >= 0.6 is 24.0 Å². The number of guanidine groups is 1. The highest BCUT2D eigenvalue weighted by Crippen LogP contribution is 2.05. The standard InChI is InChI=1S/C20H35N5O.HI/c1-5-6-7-8-12-23-20(21-2)24-16-17-10-9-11-18(15-17)19(26)22-13-14-25(3)4;/h9-11,15H,5-8,12-14,16H2,1-4H3,(H,22,26)(H2,21,23,24);1H. The van der Waals surface area contributed by atoms with Gasteiger partial charge in [0.2, 0.25) is 0 Å². The summed E-state index contributed by atoms with van der Waals surface area (Å²) in [6.07, 6.45) is 4.91. The van der Waals surface area contributed by atoms with Crippen molar-refractivity contribution in [3.05, 3.63) is 35.4 Å². The molecular weight excluding hydrogens is 453 g/mol. The molecule has 0 aliphatic carbocycles. The molecule has 0 saturated carbocycles. The summed E-state index contributed by atoms with van der Waals surface area (Å²) in [6.45, 7) is 5.24. The number of amides is 1. The molecular formula is C20H36IN5O. The number of aliphatic imine (C=N–C) groups is 1. The molecule has 0 aromatic heterocycles. The summed E-state index contributed by atoms with van der Waals surface area (Å²) in [4.78, 5) is 18.5. The molecule has 154 valence electrons. The quantitative estimate of drug-likeness (QED) is 0.194. The Bertz CT molecular complexity index is 563. The number of nitrogens with zero attached hydrogens (tertiary/aromatic N) is 2. The summed E-state index contributed by atoms with van der Waals surface area (Å²) in [6, 6.07) is 7.69. The SMILES string of the molecule is CCCCCCNC(=NC)NCc1cccc(C(=O)NCCN(C)C)c1.I. The van der Waals surface area contributed by atoms with E-state index in [9.17, 15) is 4.79 Å². The monoisotopic (exact) mass is 489 g/mol. The summed E-state index contributed by atoms with van der Waals surface area (Å²) in [5, 5.41) is 9.57. The predicted octanol–water partition coefficient (Wildman–Crippen LogP) is 2.84. The van der Waals surface area contributed by atoms with Gasteiger partial charge >= 0.3 is 0 Å². The molecule has 0 saturated heterocycles. The van der Waals surface area contributed by atoms with E-state index in [1.165, 1.54) is 19.3 Å². The van der Waals surface area contributed by atoms with E-state index in [-0.39, 0.29) is 29.9 Å². The van der Waals surface area contributed by atoms with Gasteiger partial charge in [0.05, 0.1) is 0 Å². The molecule has 0 fully saturated rings. The van der Waals surface area contributed by atoms with Crippen molar-refractivity contribution in [1.29, 1.82) is 0 Å². The Hall–Kier alpha value is -1.35. The topological polar surface area (TPSA) is 68.8 Å². The van der Waals surface area contributed by atoms with E-state index in [2.05, 4.69) is 27.9 Å². The molecule has 0 atom stereocenters. The lowest BCUT2D eigenvalue weighted by atomic mass is 10.1. The Morgan fingerprint density at radius 2 is 1.85 bits per heavy atom. The summed E-state index contributed by atoms with van der Waals surface area (Å²) in [5.74, 6) is 0.759. The van der Waals surface area contributed by atoms with Gasteiger partial charge in [0.1, 0.15) is 0 Å². The van der Waals surface area contributed by atoms with E-state index in [0.717, 1.165) is 31.0 Å². The van der Waals surface area contributed by atoms with Crippen LogP contribution in [-0.4, -0.2) is 57.5 Å². The first-order chi connectivity index (χ1) is 12.6. The van der Waals surface area contributed by atoms with E-state index in [0.29, 0.717) is 18.7 Å². The van der Waals surface area contributed by atoms with Crippen molar-refractivity contribution >= 4 is 35.8 Å². The van der Waals surface area contributed by atoms with Crippen molar-refractivity contribution in [2.45, 2.75) is 39.2 Å². The van der Waals surface area contributed by atoms with Gasteiger partial charge in [-0.3, -0.25) is 9.79 Å². The number of hydrogen-bond donors (Lipinski definition) is 3. The number of rotatable bonds is 11. The second-order valence-corrected chi connectivity index (χ2v) is 6.67. The van der Waals surface area contributed by atoms with Crippen LogP contribution in [0.15, 0.2) is 29.3 Å². The Balaban J connectivity index is 0.00000676. The number of halogens is 1. The van der Waals surface area contributed by atoms with Crippen molar-refractivity contribution in [2.75, 3.05) is 40.8 Å². The molecule has 6 nitrogen and oxygen atoms in total. The zero-order chi connectivity index (χ0) is 19.2. The van der Waals surface area contributed by atoms with E-state index >= 15 is 0 Å². The van der Waals surface area contributed by atoms with Crippen LogP contribution in [-0.2, 0) is 6.54 Å². The van der Waals surface area contributed by atoms with E-state index in [4.69, 9.17) is 0 Å². The van der Waals surface area contributed by atoms with E-state index in [1.54, 1.807) is 7.05 Å². The minimum atomic E-state index is -0.0351. The first-order valence-corrected chi connectivity index (χ1v) is 9.53. The van der Waals surface area contributed by atoms with Gasteiger partial charge in [0.15, 0.2) is 5.96 Å². The highest BCUT2D eigenvalue weighted by atomic mass is 127. The van der Waals surface area contributed by atoms with Crippen LogP contribution in [0.1, 0.15) is 48.5 Å². The van der Waals surface area contributed by atoms with Crippen LogP contribution in [0, 0.1) is 0 Å². The molecule has 27 heavy (non-hydrogen) atoms. The number of carbonyl (C=O) groups excluding carboxylic acids is 1. The lowest BCUT2D eigenvalue weighted by Gasteiger charge is -2.13. The van der Waals surface area contributed by atoms with Crippen LogP contribution in [0.3, 0.4) is 0 Å². The molecule has 0 bridgehead atoms. The Morgan fingerprint density at radius 3 is 2.52 bits per heavy atom. The third-order valence-electron chi connectivity index (χ3n) is 4.04. The minimum absolute atomic E-state index is 0. The fraction of sp³-hybridized carbons (Fsp3) is 0.600. The molecule has 0 radical (unpaired) electrons. The second-order valence-electron chi connectivity index (χ2n) is 6.67. The number of hydrogen-bond acceptors (Lipinski definition) is 3. The molecule has 7 heteroatoms. The maximum absolute atomic E-state index is 12.2. The van der Waals surface area contributed by atoms with Gasteiger partial charge in [-0.15, -0.1) is 24.0 Å². The fourth-order valence-corrected chi connectivity index (χ4v) is 2.48. The maximum Gasteiger partial charge on any atom is 0.251 e. The fourth-order valence-electron chi connectivity index (χ4n) is 2.48. The first kappa shape index (κ1) is 25.6. The lowest BCUT2D eigenvalue weighted by molar-refractivity contribution is 0.0951. The predicted molar refractivity (Wildman–Crippen MR) is 125 cm³/mol. The molecule has 0 spiro atoms. The molecule has 0 heterocycles. The molecule has 3 N–H and O–H groups in total. The second kappa shape index (κ2) is 15.7. The van der Waals surface area contributed by atoms with Crippen LogP contribution in [0.2, 0.25) is 0 Å². The van der Waals surface area contributed by atoms with Crippen molar-refractivity contribution in [1.82, 2.24) is 20.9 Å². The minimum Gasteiger partial charge on any atom is -0.356 e. The summed E-state index contributed by atoms with van der Waals surface area (Å²) in [7, 11) is 5.75. The highest BCUT2D eigenvalue weighted by Gasteiger charge is 2.06. The smallest absolute Gasteiger partial charge is 0.251 e. The molecule has 1 aromatic carbocycles. The Labute approximate surface area is 181 Å². The lowest BCUT2D eigenvalue weighted by Crippen LogP contribution is -2.37. The first-order valence-electron chi connectivity index (χ1n) is 9.53. The average molecular weight is 489 g/mol. The van der Waals surface area contributed by atoms with Gasteiger partial charge < -0.3 is 20.9 Å². The molecule has 1 rings (SSSR count). The van der Waals surface area contributed by atoms with Gasteiger partial charge in [-0.25, -0.2) is 0 Å². The van der Waals surface area contributed by atoms with Gasteiger partial charge in [0.25, 0.3) is 5.91 Å². The molecule has 0 aliphatic heterocycles. The third kappa shape index (κ3) is 11.9. The van der Waals surface area contributed by atoms with Crippen LogP contribution in [0.4, 0.5) is 0 Å². The number of nitrogens with one attached hydrogen (secondary N) is 3. The number of unbranched alkanes of at least 4 members (excludes halogenated alkanes) is 3. The zero-order valence-electron chi connectivity index (χ0n) is 17.2. The summed E-state index contributed by atoms with van der Waals surface area (Å²) < 4.78 is 0. The zero-order valence-corrected chi connectivity index (χ0v) is 19.5. The Morgan fingerprint density at radius 1 is 1.07 bits per heavy atom. The largest absolute Gasteiger partial charge is 0.356 e. The van der Waals surface area contributed by atoms with Crippen molar-refractivity contribution in [3.8, 4) is 0 Å². The van der Waals surface area contributed by atoms with Crippen molar-refractivity contribution < 1.29 is 4.79 Å². The van der Waals surface area contributed by atoms with Gasteiger partial charge in [-0.2, -0.15) is 0 Å². The van der Waals surface area contributed by atoms with Gasteiger partial charge in [0, 0.05) is 38.8 Å².